The van der Waals surface area contributed by atoms with Crippen LogP contribution in [-0.2, 0) is 16.9 Å². The summed E-state index contributed by atoms with van der Waals surface area (Å²) < 4.78 is 5.54. The molecule has 0 fully saturated rings. The summed E-state index contributed by atoms with van der Waals surface area (Å²) in [5.74, 6) is 0.0187. The summed E-state index contributed by atoms with van der Waals surface area (Å²) in [6.07, 6.45) is 0. The van der Waals surface area contributed by atoms with E-state index in [1.807, 2.05) is 72.8 Å². The van der Waals surface area contributed by atoms with Crippen LogP contribution in [0.15, 0.2) is 77.9 Å². The first-order valence-electron chi connectivity index (χ1n) is 9.51. The van der Waals surface area contributed by atoms with Crippen molar-refractivity contribution in [2.45, 2.75) is 26.0 Å². The van der Waals surface area contributed by atoms with Gasteiger partial charge in [0.2, 0.25) is 5.90 Å². The number of amides is 2. The normalized spacial score (nSPS) is 13.6. The van der Waals surface area contributed by atoms with Gasteiger partial charge in [-0.15, -0.1) is 5.10 Å². The zero-order valence-electron chi connectivity index (χ0n) is 16.6. The second-order valence-electron chi connectivity index (χ2n) is 6.76. The van der Waals surface area contributed by atoms with E-state index in [0.717, 1.165) is 16.3 Å². The van der Waals surface area contributed by atoms with Crippen molar-refractivity contribution in [2.75, 3.05) is 6.61 Å². The zero-order valence-corrected chi connectivity index (χ0v) is 16.6. The molecule has 3 aromatic rings. The topological polar surface area (TPSA) is 83.0 Å². The number of fused-ring (bicyclic) bond motifs is 1. The standard InChI is InChI=1S/C23H25N3O3/c1-3-29-21(25-26-22(27)24-16-17-9-5-4-6-10-17)23(2,28)20-14-13-18-11-7-8-12-19(18)15-20/h4-15,28H,3,16H2,1-2H3,(H2,24,26,27)/b25-21+. The molecule has 6 nitrogen and oxygen atoms in total. The molecule has 0 aliphatic carbocycles. The van der Waals surface area contributed by atoms with Crippen LogP contribution in [0.5, 0.6) is 0 Å². The van der Waals surface area contributed by atoms with E-state index in [1.165, 1.54) is 0 Å². The Bertz CT molecular complexity index is 1000. The maximum Gasteiger partial charge on any atom is 0.335 e. The molecule has 0 saturated heterocycles. The van der Waals surface area contributed by atoms with Gasteiger partial charge in [-0.1, -0.05) is 66.7 Å². The molecule has 0 saturated carbocycles. The van der Waals surface area contributed by atoms with Gasteiger partial charge in [-0.2, -0.15) is 0 Å². The van der Waals surface area contributed by atoms with E-state index >= 15 is 0 Å². The van der Waals surface area contributed by atoms with E-state index < -0.39 is 11.6 Å². The maximum absolute atomic E-state index is 12.1. The Morgan fingerprint density at radius 1 is 1.03 bits per heavy atom. The average molecular weight is 391 g/mol. The molecule has 0 aromatic heterocycles. The number of hydrogen-bond donors (Lipinski definition) is 3. The van der Waals surface area contributed by atoms with Crippen molar-refractivity contribution < 1.29 is 14.6 Å². The number of carbonyl (C=O) groups is 1. The molecule has 150 valence electrons. The Kier molecular flexibility index (Phi) is 6.46. The number of benzene rings is 3. The minimum atomic E-state index is -1.51. The monoisotopic (exact) mass is 391 g/mol. The summed E-state index contributed by atoms with van der Waals surface area (Å²) in [5.41, 5.74) is 2.49. The summed E-state index contributed by atoms with van der Waals surface area (Å²) in [7, 11) is 0. The van der Waals surface area contributed by atoms with E-state index in [4.69, 9.17) is 4.74 Å². The van der Waals surface area contributed by atoms with E-state index in [2.05, 4.69) is 15.8 Å². The number of urea groups is 1. The molecular formula is C23H25N3O3. The second-order valence-corrected chi connectivity index (χ2v) is 6.76. The zero-order chi connectivity index (χ0) is 20.7. The lowest BCUT2D eigenvalue weighted by Gasteiger charge is -2.25. The molecule has 29 heavy (non-hydrogen) atoms. The molecule has 2 amide bonds. The van der Waals surface area contributed by atoms with Crippen molar-refractivity contribution in [1.82, 2.24) is 10.7 Å². The lowest BCUT2D eigenvalue weighted by atomic mass is 9.93. The molecule has 0 radical (unpaired) electrons. The van der Waals surface area contributed by atoms with E-state index in [1.54, 1.807) is 13.8 Å². The predicted molar refractivity (Wildman–Crippen MR) is 114 cm³/mol. The fourth-order valence-electron chi connectivity index (χ4n) is 2.95. The van der Waals surface area contributed by atoms with Gasteiger partial charge >= 0.3 is 6.03 Å². The highest BCUT2D eigenvalue weighted by Gasteiger charge is 2.32. The van der Waals surface area contributed by atoms with Crippen LogP contribution < -0.4 is 10.7 Å². The summed E-state index contributed by atoms with van der Waals surface area (Å²) in [4.78, 5) is 12.1. The number of nitrogens with zero attached hydrogens (tertiary/aromatic N) is 1. The molecule has 0 aliphatic rings. The number of carbonyl (C=O) groups excluding carboxylic acids is 1. The summed E-state index contributed by atoms with van der Waals surface area (Å²) in [5, 5.41) is 19.9. The Labute approximate surface area is 170 Å². The van der Waals surface area contributed by atoms with E-state index in [9.17, 15) is 9.90 Å². The van der Waals surface area contributed by atoms with Crippen molar-refractivity contribution >= 4 is 22.7 Å². The fourth-order valence-corrected chi connectivity index (χ4v) is 2.95. The third-order valence-corrected chi connectivity index (χ3v) is 4.56. The van der Waals surface area contributed by atoms with Gasteiger partial charge in [0.05, 0.1) is 6.61 Å². The van der Waals surface area contributed by atoms with E-state index in [-0.39, 0.29) is 5.90 Å². The van der Waals surface area contributed by atoms with Gasteiger partial charge in [-0.05, 0) is 41.8 Å². The minimum absolute atomic E-state index is 0.0187. The van der Waals surface area contributed by atoms with Crippen LogP contribution in [0.3, 0.4) is 0 Å². The van der Waals surface area contributed by atoms with Crippen LogP contribution in [0.1, 0.15) is 25.0 Å². The Morgan fingerprint density at radius 2 is 1.72 bits per heavy atom. The molecule has 3 aromatic carbocycles. The number of nitrogens with one attached hydrogen (secondary N) is 2. The lowest BCUT2D eigenvalue weighted by molar-refractivity contribution is 0.0955. The fraction of sp³-hybridized carbons (Fsp3) is 0.217. The first kappa shape index (κ1) is 20.4. The summed E-state index contributed by atoms with van der Waals surface area (Å²) >= 11 is 0. The number of hydrogen-bond acceptors (Lipinski definition) is 4. The molecule has 3 N–H and O–H groups in total. The Morgan fingerprint density at radius 3 is 2.45 bits per heavy atom. The third-order valence-electron chi connectivity index (χ3n) is 4.56. The van der Waals surface area contributed by atoms with Gasteiger partial charge in [-0.3, -0.25) is 0 Å². The Balaban J connectivity index is 1.74. The highest BCUT2D eigenvalue weighted by molar-refractivity contribution is 5.90. The van der Waals surface area contributed by atoms with Crippen LogP contribution >= 0.6 is 0 Å². The Hall–Kier alpha value is -3.38. The molecule has 0 spiro atoms. The van der Waals surface area contributed by atoms with Crippen molar-refractivity contribution in [3.8, 4) is 0 Å². The van der Waals surface area contributed by atoms with Crippen molar-refractivity contribution in [1.29, 1.82) is 0 Å². The van der Waals surface area contributed by atoms with Crippen LogP contribution in [-0.4, -0.2) is 23.6 Å². The van der Waals surface area contributed by atoms with Gasteiger partial charge in [0.15, 0.2) is 5.60 Å². The number of ether oxygens (including phenoxy) is 1. The minimum Gasteiger partial charge on any atom is -0.478 e. The number of hydrazone groups is 1. The lowest BCUT2D eigenvalue weighted by Crippen LogP contribution is -2.39. The molecule has 1 unspecified atom stereocenters. The largest absolute Gasteiger partial charge is 0.478 e. The molecule has 0 bridgehead atoms. The third kappa shape index (κ3) is 5.12. The van der Waals surface area contributed by atoms with Crippen LogP contribution in [0.2, 0.25) is 0 Å². The molecule has 1 atom stereocenters. The summed E-state index contributed by atoms with van der Waals surface area (Å²) in [6.45, 7) is 4.06. The van der Waals surface area contributed by atoms with Crippen LogP contribution in [0.25, 0.3) is 10.8 Å². The average Bonchev–Trinajstić information content (AvgIpc) is 2.75. The van der Waals surface area contributed by atoms with Crippen molar-refractivity contribution in [3.63, 3.8) is 0 Å². The van der Waals surface area contributed by atoms with Crippen LogP contribution in [0, 0.1) is 0 Å². The van der Waals surface area contributed by atoms with Gasteiger partial charge < -0.3 is 15.2 Å². The number of aliphatic hydroxyl groups is 1. The van der Waals surface area contributed by atoms with Gasteiger partial charge in [0.1, 0.15) is 0 Å². The number of rotatable bonds is 6. The second kappa shape index (κ2) is 9.21. The summed E-state index contributed by atoms with van der Waals surface area (Å²) in [6, 6.07) is 22.6. The maximum atomic E-state index is 12.1. The smallest absolute Gasteiger partial charge is 0.335 e. The highest BCUT2D eigenvalue weighted by atomic mass is 16.5. The van der Waals surface area contributed by atoms with Gasteiger partial charge in [-0.25, -0.2) is 10.2 Å². The van der Waals surface area contributed by atoms with Crippen molar-refractivity contribution in [3.05, 3.63) is 83.9 Å². The molecular weight excluding hydrogens is 366 g/mol. The molecule has 6 heteroatoms. The first-order chi connectivity index (χ1) is 14.0. The molecule has 0 aliphatic heterocycles. The molecule has 0 heterocycles. The first-order valence-corrected chi connectivity index (χ1v) is 9.51. The van der Waals surface area contributed by atoms with Crippen LogP contribution in [0.4, 0.5) is 4.79 Å². The van der Waals surface area contributed by atoms with Gasteiger partial charge in [0.25, 0.3) is 0 Å². The van der Waals surface area contributed by atoms with Crippen molar-refractivity contribution in [2.24, 2.45) is 5.10 Å². The van der Waals surface area contributed by atoms with Gasteiger partial charge in [0, 0.05) is 6.54 Å². The SMILES string of the molecule is CCO/C(=N/NC(=O)NCc1ccccc1)C(C)(O)c1ccc2ccccc2c1. The highest BCUT2D eigenvalue weighted by Crippen LogP contribution is 2.26. The quantitative estimate of drug-likeness (QED) is 0.339. The molecule has 3 rings (SSSR count). The predicted octanol–water partition coefficient (Wildman–Crippen LogP) is 3.90. The van der Waals surface area contributed by atoms with E-state index in [0.29, 0.717) is 18.7 Å².